The highest BCUT2D eigenvalue weighted by atomic mass is 35.5. The number of hydrogen-bond acceptors (Lipinski definition) is 4. The maximum atomic E-state index is 13.5. The standard InChI is InChI=1S/C20H33N3O3S.ClH/c1-4-6-16-22(3)20(24)18-9-7-8-10-19(18)27(25,26)23(15-5-2)17-11-13-21-14-12-17;/h7-10,17,21H,4-6,11-16H2,1-3H3;1H. The molecule has 6 nitrogen and oxygen atoms in total. The van der Waals surface area contributed by atoms with E-state index in [9.17, 15) is 13.2 Å². The molecule has 1 amide bonds. The summed E-state index contributed by atoms with van der Waals surface area (Å²) in [5.74, 6) is -0.232. The van der Waals surface area contributed by atoms with E-state index in [4.69, 9.17) is 0 Å². The molecule has 1 fully saturated rings. The molecule has 0 atom stereocenters. The fourth-order valence-electron chi connectivity index (χ4n) is 3.51. The third kappa shape index (κ3) is 5.92. The summed E-state index contributed by atoms with van der Waals surface area (Å²) in [6.07, 6.45) is 4.22. The third-order valence-electron chi connectivity index (χ3n) is 5.06. The Morgan fingerprint density at radius 2 is 1.75 bits per heavy atom. The van der Waals surface area contributed by atoms with Gasteiger partial charge in [-0.05, 0) is 50.9 Å². The maximum absolute atomic E-state index is 13.5. The summed E-state index contributed by atoms with van der Waals surface area (Å²) in [4.78, 5) is 14.7. The molecule has 1 aliphatic heterocycles. The zero-order chi connectivity index (χ0) is 19.9. The van der Waals surface area contributed by atoms with E-state index < -0.39 is 10.0 Å². The Labute approximate surface area is 176 Å². The topological polar surface area (TPSA) is 69.7 Å². The summed E-state index contributed by atoms with van der Waals surface area (Å²) >= 11 is 0. The third-order valence-corrected chi connectivity index (χ3v) is 7.07. The molecular weight excluding hydrogens is 398 g/mol. The van der Waals surface area contributed by atoms with E-state index >= 15 is 0 Å². The van der Waals surface area contributed by atoms with Crippen molar-refractivity contribution in [2.24, 2.45) is 0 Å². The van der Waals surface area contributed by atoms with Crippen molar-refractivity contribution in [2.45, 2.75) is 56.9 Å². The molecule has 1 aromatic carbocycles. The van der Waals surface area contributed by atoms with Gasteiger partial charge in [-0.2, -0.15) is 4.31 Å². The predicted octanol–water partition coefficient (Wildman–Crippen LogP) is 3.13. The highest BCUT2D eigenvalue weighted by Gasteiger charge is 2.34. The molecule has 1 aliphatic rings. The number of nitrogens with zero attached hydrogens (tertiary/aromatic N) is 2. The van der Waals surface area contributed by atoms with Crippen LogP contribution >= 0.6 is 12.4 Å². The monoisotopic (exact) mass is 431 g/mol. The lowest BCUT2D eigenvalue weighted by Crippen LogP contribution is -2.46. The number of amides is 1. The first-order valence-electron chi connectivity index (χ1n) is 10.0. The van der Waals surface area contributed by atoms with Crippen molar-refractivity contribution in [1.29, 1.82) is 0 Å². The second kappa shape index (κ2) is 11.8. The van der Waals surface area contributed by atoms with Crippen LogP contribution in [0.15, 0.2) is 29.2 Å². The molecular formula is C20H34ClN3O3S. The Hall–Kier alpha value is -1.15. The first-order chi connectivity index (χ1) is 12.9. The normalized spacial score (nSPS) is 15.3. The van der Waals surface area contributed by atoms with Gasteiger partial charge in [0.1, 0.15) is 0 Å². The molecule has 1 N–H and O–H groups in total. The van der Waals surface area contributed by atoms with Crippen LogP contribution < -0.4 is 5.32 Å². The van der Waals surface area contributed by atoms with Crippen LogP contribution in [0.1, 0.15) is 56.3 Å². The van der Waals surface area contributed by atoms with E-state index in [1.165, 1.54) is 0 Å². The molecule has 1 aromatic rings. The van der Waals surface area contributed by atoms with Gasteiger partial charge in [0.15, 0.2) is 0 Å². The second-order valence-corrected chi connectivity index (χ2v) is 9.03. The molecule has 160 valence electrons. The Bertz CT molecular complexity index is 721. The Kier molecular flexibility index (Phi) is 10.4. The van der Waals surface area contributed by atoms with E-state index in [1.54, 1.807) is 40.5 Å². The summed E-state index contributed by atoms with van der Waals surface area (Å²) < 4.78 is 28.7. The summed E-state index contributed by atoms with van der Waals surface area (Å²) in [5, 5.41) is 3.28. The minimum Gasteiger partial charge on any atom is -0.342 e. The zero-order valence-electron chi connectivity index (χ0n) is 17.2. The number of benzene rings is 1. The van der Waals surface area contributed by atoms with Crippen LogP contribution in [-0.2, 0) is 10.0 Å². The van der Waals surface area contributed by atoms with E-state index in [1.807, 2.05) is 6.92 Å². The van der Waals surface area contributed by atoms with Crippen molar-refractivity contribution < 1.29 is 13.2 Å². The number of piperidine rings is 1. The molecule has 1 saturated heterocycles. The minimum absolute atomic E-state index is 0. The molecule has 0 unspecified atom stereocenters. The number of carbonyl (C=O) groups is 1. The van der Waals surface area contributed by atoms with Gasteiger partial charge in [0.25, 0.3) is 5.91 Å². The highest BCUT2D eigenvalue weighted by Crippen LogP contribution is 2.26. The van der Waals surface area contributed by atoms with Crippen LogP contribution in [0.3, 0.4) is 0 Å². The molecule has 0 spiro atoms. The smallest absolute Gasteiger partial charge is 0.254 e. The minimum atomic E-state index is -3.73. The van der Waals surface area contributed by atoms with Crippen molar-refractivity contribution in [3.63, 3.8) is 0 Å². The van der Waals surface area contributed by atoms with Gasteiger partial charge < -0.3 is 10.2 Å². The number of nitrogens with one attached hydrogen (secondary N) is 1. The summed E-state index contributed by atoms with van der Waals surface area (Å²) in [5.41, 5.74) is 0.270. The predicted molar refractivity (Wildman–Crippen MR) is 116 cm³/mol. The van der Waals surface area contributed by atoms with Gasteiger partial charge in [0, 0.05) is 26.2 Å². The Morgan fingerprint density at radius 1 is 1.11 bits per heavy atom. The van der Waals surface area contributed by atoms with E-state index in [0.29, 0.717) is 13.1 Å². The average molecular weight is 432 g/mol. The molecule has 0 saturated carbocycles. The lowest BCUT2D eigenvalue weighted by Gasteiger charge is -2.34. The van der Waals surface area contributed by atoms with Gasteiger partial charge >= 0.3 is 0 Å². The van der Waals surface area contributed by atoms with E-state index in [2.05, 4.69) is 12.2 Å². The maximum Gasteiger partial charge on any atom is 0.254 e. The second-order valence-electron chi connectivity index (χ2n) is 7.17. The largest absolute Gasteiger partial charge is 0.342 e. The number of carbonyl (C=O) groups excluding carboxylic acids is 1. The van der Waals surface area contributed by atoms with E-state index in [0.717, 1.165) is 45.2 Å². The van der Waals surface area contributed by atoms with Crippen LogP contribution in [0.2, 0.25) is 0 Å². The number of halogens is 1. The molecule has 0 aromatic heterocycles. The number of sulfonamides is 1. The van der Waals surface area contributed by atoms with Gasteiger partial charge in [-0.3, -0.25) is 4.79 Å². The fraction of sp³-hybridized carbons (Fsp3) is 0.650. The zero-order valence-corrected chi connectivity index (χ0v) is 18.8. The van der Waals surface area contributed by atoms with E-state index in [-0.39, 0.29) is 34.8 Å². The molecule has 0 bridgehead atoms. The van der Waals surface area contributed by atoms with Gasteiger partial charge in [0.05, 0.1) is 10.5 Å². The molecule has 8 heteroatoms. The van der Waals surface area contributed by atoms with Crippen LogP contribution in [-0.4, -0.2) is 62.8 Å². The summed E-state index contributed by atoms with van der Waals surface area (Å²) in [6.45, 7) is 6.79. The highest BCUT2D eigenvalue weighted by molar-refractivity contribution is 7.89. The van der Waals surface area contributed by atoms with Crippen LogP contribution in [0.4, 0.5) is 0 Å². The lowest BCUT2D eigenvalue weighted by atomic mass is 10.1. The molecule has 0 radical (unpaired) electrons. The number of unbranched alkanes of at least 4 members (excludes halogenated alkanes) is 1. The lowest BCUT2D eigenvalue weighted by molar-refractivity contribution is 0.0789. The average Bonchev–Trinajstić information content (AvgIpc) is 2.70. The summed E-state index contributed by atoms with van der Waals surface area (Å²) in [6, 6.07) is 6.61. The number of rotatable bonds is 9. The number of hydrogen-bond donors (Lipinski definition) is 1. The quantitative estimate of drug-likeness (QED) is 0.652. The van der Waals surface area contributed by atoms with Crippen LogP contribution in [0, 0.1) is 0 Å². The van der Waals surface area contributed by atoms with Crippen molar-refractivity contribution in [1.82, 2.24) is 14.5 Å². The van der Waals surface area contributed by atoms with Crippen molar-refractivity contribution in [3.05, 3.63) is 29.8 Å². The van der Waals surface area contributed by atoms with Gasteiger partial charge in [-0.1, -0.05) is 32.4 Å². The van der Waals surface area contributed by atoms with Gasteiger partial charge in [-0.15, -0.1) is 12.4 Å². The molecule has 0 aliphatic carbocycles. The van der Waals surface area contributed by atoms with Crippen molar-refractivity contribution >= 4 is 28.3 Å². The van der Waals surface area contributed by atoms with Gasteiger partial charge in [0.2, 0.25) is 10.0 Å². The summed E-state index contributed by atoms with van der Waals surface area (Å²) in [7, 11) is -2.00. The van der Waals surface area contributed by atoms with Crippen molar-refractivity contribution in [2.75, 3.05) is 33.2 Å². The molecule has 28 heavy (non-hydrogen) atoms. The van der Waals surface area contributed by atoms with Gasteiger partial charge in [-0.25, -0.2) is 8.42 Å². The van der Waals surface area contributed by atoms with Crippen LogP contribution in [0.25, 0.3) is 0 Å². The first kappa shape index (κ1) is 24.9. The van der Waals surface area contributed by atoms with Crippen LogP contribution in [0.5, 0.6) is 0 Å². The Balaban J connectivity index is 0.00000392. The first-order valence-corrected chi connectivity index (χ1v) is 11.4. The Morgan fingerprint density at radius 3 is 2.36 bits per heavy atom. The SMILES string of the molecule is CCCCN(C)C(=O)c1ccccc1S(=O)(=O)N(CCC)C1CCNCC1.Cl. The molecule has 1 heterocycles. The fourth-order valence-corrected chi connectivity index (χ4v) is 5.47. The van der Waals surface area contributed by atoms with Crippen molar-refractivity contribution in [3.8, 4) is 0 Å². The molecule has 2 rings (SSSR count).